The number of hydrogen-bond donors (Lipinski definition) is 0. The fourth-order valence-corrected chi connectivity index (χ4v) is 4.84. The van der Waals surface area contributed by atoms with Crippen LogP contribution < -0.4 is 4.90 Å². The Kier molecular flexibility index (Phi) is 4.45. The van der Waals surface area contributed by atoms with Gasteiger partial charge in [0.1, 0.15) is 5.71 Å². The summed E-state index contributed by atoms with van der Waals surface area (Å²) in [6.07, 6.45) is 3.81. The van der Waals surface area contributed by atoms with Crippen LogP contribution in [0.25, 0.3) is 10.8 Å². The van der Waals surface area contributed by atoms with Crippen LogP contribution in [0.1, 0.15) is 12.5 Å². The lowest BCUT2D eigenvalue weighted by Crippen LogP contribution is -2.16. The Labute approximate surface area is 173 Å². The molecule has 2 heterocycles. The molecule has 3 aromatic rings. The van der Waals surface area contributed by atoms with E-state index in [2.05, 4.69) is 53.4 Å². The maximum Gasteiger partial charge on any atom is 0.368 e. The number of anilines is 1. The van der Waals surface area contributed by atoms with Gasteiger partial charge in [-0.1, -0.05) is 77.6 Å². The highest BCUT2D eigenvalue weighted by Crippen LogP contribution is 2.49. The molecule has 0 radical (unpaired) electrons. The summed E-state index contributed by atoms with van der Waals surface area (Å²) in [5.41, 5.74) is 3.14. The molecule has 0 N–H and O–H groups in total. The van der Waals surface area contributed by atoms with Crippen LogP contribution in [0.3, 0.4) is 0 Å². The molecule has 0 saturated carbocycles. The molecule has 2 aliphatic rings. The smallest absolute Gasteiger partial charge is 0.335 e. The molecular formula is C24H18N2O2S. The van der Waals surface area contributed by atoms with E-state index < -0.39 is 5.97 Å². The van der Waals surface area contributed by atoms with Gasteiger partial charge in [-0.2, -0.15) is 0 Å². The first-order chi connectivity index (χ1) is 14.3. The summed E-state index contributed by atoms with van der Waals surface area (Å²) in [4.78, 5) is 20.7. The Morgan fingerprint density at radius 1 is 1.00 bits per heavy atom. The number of carbonyl (C=O) groups excluding carboxylic acids is 1. The minimum Gasteiger partial charge on any atom is -0.335 e. The van der Waals surface area contributed by atoms with Gasteiger partial charge in [0.2, 0.25) is 0 Å². The van der Waals surface area contributed by atoms with Crippen LogP contribution in [0.4, 0.5) is 5.69 Å². The number of allylic oxidation sites excluding steroid dienone is 2. The van der Waals surface area contributed by atoms with Crippen LogP contribution in [-0.2, 0) is 9.63 Å². The van der Waals surface area contributed by atoms with Crippen molar-refractivity contribution in [2.24, 2.45) is 5.16 Å². The van der Waals surface area contributed by atoms with Crippen molar-refractivity contribution < 1.29 is 9.63 Å². The van der Waals surface area contributed by atoms with Crippen molar-refractivity contribution in [1.29, 1.82) is 0 Å². The summed E-state index contributed by atoms with van der Waals surface area (Å²) in [6, 6.07) is 22.4. The predicted molar refractivity (Wildman–Crippen MR) is 118 cm³/mol. The molecule has 0 aliphatic carbocycles. The topological polar surface area (TPSA) is 41.9 Å². The van der Waals surface area contributed by atoms with Gasteiger partial charge in [-0.05, 0) is 30.5 Å². The van der Waals surface area contributed by atoms with Gasteiger partial charge < -0.3 is 9.74 Å². The van der Waals surface area contributed by atoms with Gasteiger partial charge in [-0.15, -0.1) is 0 Å². The maximum absolute atomic E-state index is 12.3. The summed E-state index contributed by atoms with van der Waals surface area (Å²) < 4.78 is 0. The average molecular weight is 398 g/mol. The molecular weight excluding hydrogens is 380 g/mol. The van der Waals surface area contributed by atoms with Gasteiger partial charge in [0.25, 0.3) is 0 Å². The summed E-state index contributed by atoms with van der Waals surface area (Å²) in [5.74, 6) is -0.422. The molecule has 3 aromatic carbocycles. The molecule has 0 fully saturated rings. The van der Waals surface area contributed by atoms with Crippen molar-refractivity contribution in [2.45, 2.75) is 11.8 Å². The molecule has 0 atom stereocenters. The van der Waals surface area contributed by atoms with Gasteiger partial charge in [0, 0.05) is 22.4 Å². The lowest BCUT2D eigenvalue weighted by Gasteiger charge is -2.19. The third kappa shape index (κ3) is 3.04. The fourth-order valence-electron chi connectivity index (χ4n) is 3.70. The van der Waals surface area contributed by atoms with Crippen molar-refractivity contribution in [3.8, 4) is 0 Å². The molecule has 0 unspecified atom stereocenters. The summed E-state index contributed by atoms with van der Waals surface area (Å²) in [6.45, 7) is 2.98. The van der Waals surface area contributed by atoms with E-state index >= 15 is 0 Å². The Balaban J connectivity index is 1.54. The number of hydrogen-bond acceptors (Lipinski definition) is 5. The van der Waals surface area contributed by atoms with Crippen molar-refractivity contribution in [2.75, 3.05) is 11.4 Å². The highest BCUT2D eigenvalue weighted by molar-refractivity contribution is 8.03. The Hall–Kier alpha value is -3.31. The van der Waals surface area contributed by atoms with Crippen LogP contribution in [0, 0.1) is 0 Å². The van der Waals surface area contributed by atoms with Crippen LogP contribution >= 0.6 is 11.8 Å². The standard InChI is InChI=1S/C24H18N2O2S/c1-2-26-21(29-20-14-12-16-8-6-7-11-18(16)23(20)26)15-13-19-22(25-28-24(19)27)17-9-4-3-5-10-17/h3-15H,2H2,1H3/b19-13-,21-15-. The zero-order valence-corrected chi connectivity index (χ0v) is 16.6. The van der Waals surface area contributed by atoms with Crippen LogP contribution in [0.5, 0.6) is 0 Å². The number of rotatable bonds is 3. The third-order valence-corrected chi connectivity index (χ3v) is 6.18. The number of carbonyl (C=O) groups is 1. The molecule has 0 spiro atoms. The molecule has 29 heavy (non-hydrogen) atoms. The maximum atomic E-state index is 12.3. The number of fused-ring (bicyclic) bond motifs is 3. The number of nitrogens with zero attached hydrogens (tertiary/aromatic N) is 2. The number of thioether (sulfide) groups is 1. The highest BCUT2D eigenvalue weighted by atomic mass is 32.2. The molecule has 5 rings (SSSR count). The zero-order valence-electron chi connectivity index (χ0n) is 15.8. The Bertz CT molecular complexity index is 1210. The van der Waals surface area contributed by atoms with Gasteiger partial charge in [0.15, 0.2) is 0 Å². The quantitative estimate of drug-likeness (QED) is 0.431. The highest BCUT2D eigenvalue weighted by Gasteiger charge is 2.28. The van der Waals surface area contributed by atoms with E-state index in [4.69, 9.17) is 4.84 Å². The van der Waals surface area contributed by atoms with Gasteiger partial charge in [-0.3, -0.25) is 0 Å². The van der Waals surface area contributed by atoms with Crippen LogP contribution in [-0.4, -0.2) is 18.2 Å². The lowest BCUT2D eigenvalue weighted by molar-refractivity contribution is -0.136. The SMILES string of the molecule is CCN1/C(=C/C=C2\C(=O)ON=C2c2ccccc2)Sc2ccc3ccccc3c21. The molecule has 142 valence electrons. The monoisotopic (exact) mass is 398 g/mol. The summed E-state index contributed by atoms with van der Waals surface area (Å²) >= 11 is 1.72. The summed E-state index contributed by atoms with van der Waals surface area (Å²) in [5, 5.41) is 7.53. The third-order valence-electron chi connectivity index (χ3n) is 5.06. The minimum atomic E-state index is -0.422. The molecule has 5 heteroatoms. The van der Waals surface area contributed by atoms with E-state index in [1.807, 2.05) is 42.5 Å². The van der Waals surface area contributed by atoms with Crippen molar-refractivity contribution >= 4 is 39.9 Å². The van der Waals surface area contributed by atoms with Crippen molar-refractivity contribution in [1.82, 2.24) is 0 Å². The Morgan fingerprint density at radius 2 is 1.79 bits per heavy atom. The fraction of sp³-hybridized carbons (Fsp3) is 0.0833. The van der Waals surface area contributed by atoms with E-state index in [1.54, 1.807) is 11.8 Å². The van der Waals surface area contributed by atoms with Crippen molar-refractivity contribution in [3.63, 3.8) is 0 Å². The number of benzene rings is 3. The van der Waals surface area contributed by atoms with Gasteiger partial charge in [0.05, 0.1) is 16.3 Å². The van der Waals surface area contributed by atoms with E-state index in [-0.39, 0.29) is 0 Å². The molecule has 0 aromatic heterocycles. The van der Waals surface area contributed by atoms with Gasteiger partial charge in [-0.25, -0.2) is 4.79 Å². The van der Waals surface area contributed by atoms with E-state index in [0.29, 0.717) is 11.3 Å². The Morgan fingerprint density at radius 3 is 2.62 bits per heavy atom. The molecule has 0 bridgehead atoms. The summed E-state index contributed by atoms with van der Waals surface area (Å²) in [7, 11) is 0. The first-order valence-corrected chi connectivity index (χ1v) is 10.3. The molecule has 4 nitrogen and oxygen atoms in total. The number of oxime groups is 1. The molecule has 2 aliphatic heterocycles. The van der Waals surface area contributed by atoms with E-state index in [0.717, 1.165) is 17.1 Å². The lowest BCUT2D eigenvalue weighted by atomic mass is 10.0. The van der Waals surface area contributed by atoms with Crippen LogP contribution in [0.15, 0.2) is 99.5 Å². The zero-order chi connectivity index (χ0) is 19.8. The first kappa shape index (κ1) is 17.8. The second-order valence-electron chi connectivity index (χ2n) is 6.75. The minimum absolute atomic E-state index is 0.422. The van der Waals surface area contributed by atoms with Crippen molar-refractivity contribution in [3.05, 3.63) is 95.0 Å². The molecule has 0 saturated heterocycles. The van der Waals surface area contributed by atoms with E-state index in [1.165, 1.54) is 21.4 Å². The first-order valence-electron chi connectivity index (χ1n) is 9.50. The van der Waals surface area contributed by atoms with E-state index in [9.17, 15) is 4.79 Å². The normalized spacial score (nSPS) is 18.4. The average Bonchev–Trinajstić information content (AvgIpc) is 3.32. The van der Waals surface area contributed by atoms with Gasteiger partial charge >= 0.3 is 5.97 Å². The second kappa shape index (κ2) is 7.26. The molecule has 0 amide bonds. The largest absolute Gasteiger partial charge is 0.368 e. The van der Waals surface area contributed by atoms with Crippen LogP contribution in [0.2, 0.25) is 0 Å². The predicted octanol–water partition coefficient (Wildman–Crippen LogP) is 5.50. The second-order valence-corrected chi connectivity index (χ2v) is 7.81.